The predicted molar refractivity (Wildman–Crippen MR) is 78.7 cm³/mol. The van der Waals surface area contributed by atoms with E-state index in [0.717, 1.165) is 12.8 Å². The zero-order valence-corrected chi connectivity index (χ0v) is 13.2. The third-order valence-electron chi connectivity index (χ3n) is 3.62. The highest BCUT2D eigenvalue weighted by molar-refractivity contribution is 7.89. The molecule has 0 aromatic heterocycles. The fraction of sp³-hybridized carbons (Fsp3) is 0.923. The van der Waals surface area contributed by atoms with E-state index in [4.69, 9.17) is 11.1 Å². The highest BCUT2D eigenvalue weighted by atomic mass is 32.2. The zero-order chi connectivity index (χ0) is 14.9. The second kappa shape index (κ2) is 5.40. The van der Waals surface area contributed by atoms with Crippen LogP contribution in [0.3, 0.4) is 0 Å². The first-order valence-corrected chi connectivity index (χ1v) is 8.47. The van der Waals surface area contributed by atoms with Gasteiger partial charge in [-0.15, -0.1) is 0 Å². The lowest BCUT2D eigenvalue weighted by Gasteiger charge is -2.39. The average Bonchev–Trinajstić information content (AvgIpc) is 2.17. The molecule has 1 saturated carbocycles. The van der Waals surface area contributed by atoms with Gasteiger partial charge in [0.25, 0.3) is 0 Å². The minimum Gasteiger partial charge on any atom is -0.386 e. The molecule has 1 aliphatic carbocycles. The summed E-state index contributed by atoms with van der Waals surface area (Å²) >= 11 is 0. The molecule has 0 aromatic carbocycles. The Balaban J connectivity index is 2.89. The molecule has 0 atom stereocenters. The normalized spacial score (nSPS) is 29.2. The van der Waals surface area contributed by atoms with Crippen molar-refractivity contribution in [2.75, 3.05) is 5.75 Å². The molecule has 0 amide bonds. The van der Waals surface area contributed by atoms with Gasteiger partial charge in [-0.2, -0.15) is 0 Å². The van der Waals surface area contributed by atoms with E-state index in [1.165, 1.54) is 0 Å². The third-order valence-corrected chi connectivity index (χ3v) is 5.57. The number of sulfonamides is 1. The van der Waals surface area contributed by atoms with Crippen molar-refractivity contribution in [3.63, 3.8) is 0 Å². The molecule has 19 heavy (non-hydrogen) atoms. The van der Waals surface area contributed by atoms with Crippen molar-refractivity contribution in [3.05, 3.63) is 0 Å². The fourth-order valence-electron chi connectivity index (χ4n) is 2.59. The van der Waals surface area contributed by atoms with E-state index in [1.54, 1.807) is 0 Å². The molecule has 0 aliphatic heterocycles. The van der Waals surface area contributed by atoms with Crippen LogP contribution in [-0.2, 0) is 10.0 Å². The molecule has 1 fully saturated rings. The first-order valence-electron chi connectivity index (χ1n) is 6.82. The Kier molecular flexibility index (Phi) is 4.67. The smallest absolute Gasteiger partial charge is 0.213 e. The maximum absolute atomic E-state index is 12.2. The van der Waals surface area contributed by atoms with Crippen LogP contribution in [0.2, 0.25) is 0 Å². The molecule has 6 heteroatoms. The van der Waals surface area contributed by atoms with Gasteiger partial charge in [0, 0.05) is 0 Å². The SMILES string of the molecule is CC1CCC(NS(=O)(=O)CC(C)(C)C)(C(=N)N)CC1. The summed E-state index contributed by atoms with van der Waals surface area (Å²) in [6.07, 6.45) is 3.04. The molecule has 0 heterocycles. The van der Waals surface area contributed by atoms with Crippen LogP contribution in [0.15, 0.2) is 0 Å². The Bertz CT molecular complexity index is 429. The lowest BCUT2D eigenvalue weighted by Crippen LogP contribution is -2.59. The number of amidine groups is 1. The van der Waals surface area contributed by atoms with Crippen molar-refractivity contribution >= 4 is 15.9 Å². The largest absolute Gasteiger partial charge is 0.386 e. The van der Waals surface area contributed by atoms with Crippen LogP contribution in [0.1, 0.15) is 53.4 Å². The maximum atomic E-state index is 12.2. The molecule has 0 spiro atoms. The van der Waals surface area contributed by atoms with Crippen LogP contribution in [0, 0.1) is 16.7 Å². The Morgan fingerprint density at radius 3 is 2.21 bits per heavy atom. The fourth-order valence-corrected chi connectivity index (χ4v) is 4.71. The highest BCUT2D eigenvalue weighted by Gasteiger charge is 2.41. The van der Waals surface area contributed by atoms with Crippen molar-refractivity contribution in [1.82, 2.24) is 4.72 Å². The van der Waals surface area contributed by atoms with Gasteiger partial charge in [0.05, 0.1) is 11.3 Å². The lowest BCUT2D eigenvalue weighted by atomic mass is 9.77. The number of nitrogens with one attached hydrogen (secondary N) is 2. The van der Waals surface area contributed by atoms with Crippen molar-refractivity contribution < 1.29 is 8.42 Å². The Labute approximate surface area is 116 Å². The van der Waals surface area contributed by atoms with Crippen molar-refractivity contribution in [2.24, 2.45) is 17.1 Å². The van der Waals surface area contributed by atoms with Gasteiger partial charge in [0.2, 0.25) is 10.0 Å². The first-order chi connectivity index (χ1) is 8.46. The summed E-state index contributed by atoms with van der Waals surface area (Å²) in [5.41, 5.74) is 4.50. The van der Waals surface area contributed by atoms with Gasteiger partial charge in [-0.3, -0.25) is 5.41 Å². The van der Waals surface area contributed by atoms with Crippen molar-refractivity contribution in [1.29, 1.82) is 5.41 Å². The first kappa shape index (κ1) is 16.4. The summed E-state index contributed by atoms with van der Waals surface area (Å²) in [5.74, 6) is 0.557. The van der Waals surface area contributed by atoms with Gasteiger partial charge in [-0.1, -0.05) is 27.7 Å². The number of rotatable bonds is 4. The Morgan fingerprint density at radius 1 is 1.37 bits per heavy atom. The van der Waals surface area contributed by atoms with Crippen LogP contribution in [-0.4, -0.2) is 25.5 Å². The van der Waals surface area contributed by atoms with Gasteiger partial charge in [0.15, 0.2) is 0 Å². The second-order valence-electron chi connectivity index (χ2n) is 7.10. The van der Waals surface area contributed by atoms with Gasteiger partial charge >= 0.3 is 0 Å². The topological polar surface area (TPSA) is 96.0 Å². The minimum atomic E-state index is -3.43. The molecule has 0 unspecified atom stereocenters. The van der Waals surface area contributed by atoms with Crippen LogP contribution >= 0.6 is 0 Å². The summed E-state index contributed by atoms with van der Waals surface area (Å²) in [7, 11) is -3.43. The lowest BCUT2D eigenvalue weighted by molar-refractivity contribution is 0.284. The van der Waals surface area contributed by atoms with Crippen LogP contribution in [0.25, 0.3) is 0 Å². The number of hydrogen-bond acceptors (Lipinski definition) is 3. The average molecular weight is 289 g/mol. The summed E-state index contributed by atoms with van der Waals surface area (Å²) in [4.78, 5) is 0. The van der Waals surface area contributed by atoms with E-state index in [2.05, 4.69) is 11.6 Å². The molecule has 112 valence electrons. The molecule has 5 nitrogen and oxygen atoms in total. The van der Waals surface area contributed by atoms with Crippen molar-refractivity contribution in [2.45, 2.75) is 58.9 Å². The van der Waals surface area contributed by atoms with E-state index < -0.39 is 15.6 Å². The van der Waals surface area contributed by atoms with Gasteiger partial charge in [-0.05, 0) is 37.0 Å². The Hall–Kier alpha value is -0.620. The molecule has 0 saturated heterocycles. The van der Waals surface area contributed by atoms with Crippen LogP contribution in [0.4, 0.5) is 0 Å². The highest BCUT2D eigenvalue weighted by Crippen LogP contribution is 2.33. The molecule has 4 N–H and O–H groups in total. The molecule has 1 aliphatic rings. The van der Waals surface area contributed by atoms with Gasteiger partial charge < -0.3 is 5.73 Å². The van der Waals surface area contributed by atoms with E-state index in [0.29, 0.717) is 18.8 Å². The second-order valence-corrected chi connectivity index (χ2v) is 8.82. The minimum absolute atomic E-state index is 0.0462. The summed E-state index contributed by atoms with van der Waals surface area (Å²) in [6, 6.07) is 0. The van der Waals surface area contributed by atoms with E-state index in [-0.39, 0.29) is 17.0 Å². The predicted octanol–water partition coefficient (Wildman–Crippen LogP) is 1.84. The molecule has 1 rings (SSSR count). The third kappa shape index (κ3) is 4.76. The molecular weight excluding hydrogens is 262 g/mol. The van der Waals surface area contributed by atoms with Crippen LogP contribution in [0.5, 0.6) is 0 Å². The van der Waals surface area contributed by atoms with Gasteiger partial charge in [-0.25, -0.2) is 13.1 Å². The maximum Gasteiger partial charge on any atom is 0.213 e. The molecule has 0 radical (unpaired) electrons. The summed E-state index contributed by atoms with van der Waals surface area (Å²) in [5, 5.41) is 7.76. The Morgan fingerprint density at radius 2 is 1.84 bits per heavy atom. The molecular formula is C13H27N3O2S. The molecule has 0 aromatic rings. The van der Waals surface area contributed by atoms with Crippen LogP contribution < -0.4 is 10.5 Å². The summed E-state index contributed by atoms with van der Waals surface area (Å²) in [6.45, 7) is 7.80. The molecule has 0 bridgehead atoms. The van der Waals surface area contributed by atoms with E-state index in [1.807, 2.05) is 20.8 Å². The van der Waals surface area contributed by atoms with Gasteiger partial charge in [0.1, 0.15) is 5.84 Å². The monoisotopic (exact) mass is 289 g/mol. The standard InChI is InChI=1S/C13H27N3O2S/c1-10-5-7-13(8-6-10,11(14)15)16-19(17,18)9-12(2,3)4/h10,16H,5-9H2,1-4H3,(H3,14,15). The quantitative estimate of drug-likeness (QED) is 0.544. The zero-order valence-electron chi connectivity index (χ0n) is 12.4. The number of hydrogen-bond donors (Lipinski definition) is 3. The van der Waals surface area contributed by atoms with E-state index >= 15 is 0 Å². The number of nitrogens with two attached hydrogens (primary N) is 1. The summed E-state index contributed by atoms with van der Waals surface area (Å²) < 4.78 is 27.2. The van der Waals surface area contributed by atoms with E-state index in [9.17, 15) is 8.42 Å². The van der Waals surface area contributed by atoms with Crippen molar-refractivity contribution in [3.8, 4) is 0 Å².